The van der Waals surface area contributed by atoms with Gasteiger partial charge >= 0.3 is 5.97 Å². The van der Waals surface area contributed by atoms with Crippen LogP contribution < -0.4 is 5.73 Å². The number of aliphatic carboxylic acids is 1. The van der Waals surface area contributed by atoms with Gasteiger partial charge in [-0.15, -0.1) is 0 Å². The van der Waals surface area contributed by atoms with E-state index in [1.54, 1.807) is 6.20 Å². The molecule has 0 saturated heterocycles. The average molecular weight is 292 g/mol. The van der Waals surface area contributed by atoms with Gasteiger partial charge in [0.15, 0.2) is 0 Å². The van der Waals surface area contributed by atoms with Gasteiger partial charge in [-0.25, -0.2) is 0 Å². The fourth-order valence-corrected chi connectivity index (χ4v) is 1.19. The smallest absolute Gasteiger partial charge is 0.320 e. The normalized spacial score (nSPS) is 12.5. The van der Waals surface area contributed by atoms with Crippen LogP contribution in [0.5, 0.6) is 0 Å². The Morgan fingerprint density at radius 1 is 1.69 bits per heavy atom. The van der Waals surface area contributed by atoms with Gasteiger partial charge in [-0.05, 0) is 40.6 Å². The van der Waals surface area contributed by atoms with Crippen LogP contribution in [0, 0.1) is 3.70 Å². The third-order valence-corrected chi connectivity index (χ3v) is 2.20. The molecule has 0 aliphatic rings. The van der Waals surface area contributed by atoms with Crippen molar-refractivity contribution in [1.82, 2.24) is 4.98 Å². The summed E-state index contributed by atoms with van der Waals surface area (Å²) >= 11 is 2.08. The number of aromatic nitrogens is 1. The lowest BCUT2D eigenvalue weighted by atomic mass is 10.1. The first-order chi connectivity index (χ1) is 6.09. The second-order valence-electron chi connectivity index (χ2n) is 2.64. The minimum absolute atomic E-state index is 0.319. The quantitative estimate of drug-likeness (QED) is 0.633. The number of carboxylic acid groups (broad SMARTS) is 1. The van der Waals surface area contributed by atoms with E-state index in [9.17, 15) is 4.79 Å². The van der Waals surface area contributed by atoms with Gasteiger partial charge in [0, 0.05) is 6.20 Å². The Kier molecular flexibility index (Phi) is 3.61. The van der Waals surface area contributed by atoms with Gasteiger partial charge in [-0.2, -0.15) is 0 Å². The molecule has 0 aliphatic carbocycles. The average Bonchev–Trinajstić information content (AvgIpc) is 2.08. The lowest BCUT2D eigenvalue weighted by Gasteiger charge is -2.05. The summed E-state index contributed by atoms with van der Waals surface area (Å²) in [5.74, 6) is -0.987. The van der Waals surface area contributed by atoms with Gasteiger partial charge in [0.25, 0.3) is 0 Å². The highest BCUT2D eigenvalue weighted by Gasteiger charge is 2.11. The van der Waals surface area contributed by atoms with Crippen molar-refractivity contribution in [1.29, 1.82) is 0 Å². The first-order valence-corrected chi connectivity index (χ1v) is 4.76. The molecule has 0 aliphatic heterocycles. The van der Waals surface area contributed by atoms with Gasteiger partial charge in [0.05, 0.1) is 0 Å². The Hall–Kier alpha value is -0.690. The van der Waals surface area contributed by atoms with Crippen molar-refractivity contribution < 1.29 is 9.90 Å². The van der Waals surface area contributed by atoms with Crippen LogP contribution in [0.2, 0.25) is 0 Å². The molecule has 4 nitrogen and oxygen atoms in total. The highest BCUT2D eigenvalue weighted by Crippen LogP contribution is 2.04. The third kappa shape index (κ3) is 3.27. The summed E-state index contributed by atoms with van der Waals surface area (Å²) in [5, 5.41) is 8.55. The number of halogens is 1. The third-order valence-electron chi connectivity index (χ3n) is 1.56. The Morgan fingerprint density at radius 3 is 2.85 bits per heavy atom. The molecule has 0 saturated carbocycles. The number of carboxylic acids is 1. The molecule has 3 N–H and O–H groups in total. The summed E-state index contributed by atoms with van der Waals surface area (Å²) in [4.78, 5) is 14.5. The maximum absolute atomic E-state index is 10.4. The molecule has 0 bridgehead atoms. The van der Waals surface area contributed by atoms with Crippen LogP contribution in [0.25, 0.3) is 0 Å². The van der Waals surface area contributed by atoms with Gasteiger partial charge in [-0.1, -0.05) is 6.07 Å². The number of hydrogen-bond acceptors (Lipinski definition) is 3. The Balaban J connectivity index is 2.64. The summed E-state index contributed by atoms with van der Waals surface area (Å²) in [6, 6.07) is 2.81. The molecule has 1 rings (SSSR count). The second-order valence-corrected chi connectivity index (χ2v) is 3.74. The van der Waals surface area contributed by atoms with Crippen molar-refractivity contribution in [3.8, 4) is 0 Å². The molecule has 0 aromatic carbocycles. The van der Waals surface area contributed by atoms with Gasteiger partial charge in [0.1, 0.15) is 9.74 Å². The molecule has 1 atom stereocenters. The molecule has 0 amide bonds. The minimum atomic E-state index is -0.987. The van der Waals surface area contributed by atoms with Crippen molar-refractivity contribution in [3.05, 3.63) is 27.6 Å². The van der Waals surface area contributed by atoms with E-state index < -0.39 is 12.0 Å². The highest BCUT2D eigenvalue weighted by molar-refractivity contribution is 14.1. The molecular formula is C8H9IN2O2. The zero-order valence-electron chi connectivity index (χ0n) is 6.77. The van der Waals surface area contributed by atoms with Gasteiger partial charge in [-0.3, -0.25) is 9.78 Å². The summed E-state index contributed by atoms with van der Waals surface area (Å²) in [5.41, 5.74) is 6.20. The van der Waals surface area contributed by atoms with Crippen molar-refractivity contribution in [3.63, 3.8) is 0 Å². The highest BCUT2D eigenvalue weighted by atomic mass is 127. The van der Waals surface area contributed by atoms with Crippen LogP contribution in [0.4, 0.5) is 0 Å². The first-order valence-electron chi connectivity index (χ1n) is 3.68. The molecule has 1 aromatic rings. The van der Waals surface area contributed by atoms with E-state index in [0.717, 1.165) is 9.26 Å². The summed E-state index contributed by atoms with van der Waals surface area (Å²) in [7, 11) is 0. The molecular weight excluding hydrogens is 283 g/mol. The molecule has 1 unspecified atom stereocenters. The summed E-state index contributed by atoms with van der Waals surface area (Å²) in [6.45, 7) is 0. The van der Waals surface area contributed by atoms with E-state index in [-0.39, 0.29) is 0 Å². The number of carbonyl (C=O) groups is 1. The number of rotatable bonds is 3. The molecule has 1 aromatic heterocycles. The molecule has 0 fully saturated rings. The minimum Gasteiger partial charge on any atom is -0.480 e. The Bertz CT molecular complexity index is 300. The van der Waals surface area contributed by atoms with E-state index in [1.165, 1.54) is 0 Å². The van der Waals surface area contributed by atoms with E-state index >= 15 is 0 Å². The van der Waals surface area contributed by atoms with E-state index in [1.807, 2.05) is 12.1 Å². The maximum atomic E-state index is 10.4. The lowest BCUT2D eigenvalue weighted by molar-refractivity contribution is -0.138. The zero-order chi connectivity index (χ0) is 9.84. The van der Waals surface area contributed by atoms with Crippen LogP contribution >= 0.6 is 22.6 Å². The van der Waals surface area contributed by atoms with Crippen molar-refractivity contribution >= 4 is 28.6 Å². The SMILES string of the molecule is NC(Cc1ccc(I)nc1)C(=O)O. The van der Waals surface area contributed by atoms with E-state index in [2.05, 4.69) is 27.6 Å². The predicted octanol–water partition coefficient (Wildman–Crippen LogP) is 0.641. The first kappa shape index (κ1) is 10.4. The summed E-state index contributed by atoms with van der Waals surface area (Å²) < 4.78 is 0.880. The molecule has 70 valence electrons. The summed E-state index contributed by atoms with van der Waals surface area (Å²) in [6.07, 6.45) is 1.96. The van der Waals surface area contributed by atoms with Crippen LogP contribution in [0.3, 0.4) is 0 Å². The standard InChI is InChI=1S/C8H9IN2O2/c9-7-2-1-5(4-11-7)3-6(10)8(12)13/h1-2,4,6H,3,10H2,(H,12,13). The van der Waals surface area contributed by atoms with Crippen LogP contribution in [-0.2, 0) is 11.2 Å². The number of pyridine rings is 1. The second kappa shape index (κ2) is 4.52. The van der Waals surface area contributed by atoms with Crippen LogP contribution in [-0.4, -0.2) is 22.1 Å². The molecule has 5 heteroatoms. The van der Waals surface area contributed by atoms with Crippen molar-refractivity contribution in [2.75, 3.05) is 0 Å². The topological polar surface area (TPSA) is 76.2 Å². The number of nitrogens with zero attached hydrogens (tertiary/aromatic N) is 1. The maximum Gasteiger partial charge on any atom is 0.320 e. The van der Waals surface area contributed by atoms with Crippen molar-refractivity contribution in [2.24, 2.45) is 5.73 Å². The molecule has 1 heterocycles. The fraction of sp³-hybridized carbons (Fsp3) is 0.250. The van der Waals surface area contributed by atoms with Gasteiger partial charge < -0.3 is 10.8 Å². The number of hydrogen-bond donors (Lipinski definition) is 2. The molecule has 0 radical (unpaired) electrons. The predicted molar refractivity (Wildman–Crippen MR) is 56.3 cm³/mol. The van der Waals surface area contributed by atoms with E-state index in [4.69, 9.17) is 10.8 Å². The van der Waals surface area contributed by atoms with Crippen LogP contribution in [0.1, 0.15) is 5.56 Å². The number of nitrogens with two attached hydrogens (primary N) is 1. The lowest BCUT2D eigenvalue weighted by Crippen LogP contribution is -2.32. The zero-order valence-corrected chi connectivity index (χ0v) is 8.93. The van der Waals surface area contributed by atoms with E-state index in [0.29, 0.717) is 6.42 Å². The molecule has 0 spiro atoms. The molecule has 13 heavy (non-hydrogen) atoms. The Morgan fingerprint density at radius 2 is 2.38 bits per heavy atom. The monoisotopic (exact) mass is 292 g/mol. The fourth-order valence-electron chi connectivity index (χ4n) is 0.868. The van der Waals surface area contributed by atoms with Gasteiger partial charge in [0.2, 0.25) is 0 Å². The van der Waals surface area contributed by atoms with Crippen molar-refractivity contribution in [2.45, 2.75) is 12.5 Å². The largest absolute Gasteiger partial charge is 0.480 e. The Labute approximate surface area is 89.3 Å². The van der Waals surface area contributed by atoms with Crippen LogP contribution in [0.15, 0.2) is 18.3 Å².